The summed E-state index contributed by atoms with van der Waals surface area (Å²) in [5, 5.41) is 0. The molecule has 0 amide bonds. The van der Waals surface area contributed by atoms with Crippen LogP contribution in [0.4, 0.5) is 10.1 Å². The molecule has 0 atom stereocenters. The zero-order valence-corrected chi connectivity index (χ0v) is 17.0. The Morgan fingerprint density at radius 3 is 2.67 bits per heavy atom. The second-order valence-corrected chi connectivity index (χ2v) is 7.72. The molecule has 1 heterocycles. The second-order valence-electron chi connectivity index (χ2n) is 7.72. The second kappa shape index (κ2) is 9.57. The summed E-state index contributed by atoms with van der Waals surface area (Å²) in [6, 6.07) is 21.8. The van der Waals surface area contributed by atoms with Crippen molar-refractivity contribution in [2.24, 2.45) is 0 Å². The molecule has 3 aromatic rings. The van der Waals surface area contributed by atoms with E-state index in [0.717, 1.165) is 43.5 Å². The quantitative estimate of drug-likeness (QED) is 0.466. The molecule has 0 N–H and O–H groups in total. The molecule has 1 aliphatic rings. The fourth-order valence-electron chi connectivity index (χ4n) is 3.95. The molecule has 0 aromatic heterocycles. The molecule has 0 saturated carbocycles. The van der Waals surface area contributed by atoms with Gasteiger partial charge in [0.1, 0.15) is 24.5 Å². The fraction of sp³-hybridized carbons (Fsp3) is 0.269. The molecule has 30 heavy (non-hydrogen) atoms. The van der Waals surface area contributed by atoms with Gasteiger partial charge in [-0.15, -0.1) is 0 Å². The molecular weight excluding hydrogens is 377 g/mol. The Morgan fingerprint density at radius 1 is 1.00 bits per heavy atom. The van der Waals surface area contributed by atoms with E-state index in [2.05, 4.69) is 41.3 Å². The van der Waals surface area contributed by atoms with E-state index in [9.17, 15) is 9.18 Å². The van der Waals surface area contributed by atoms with E-state index in [1.165, 1.54) is 22.9 Å². The van der Waals surface area contributed by atoms with Gasteiger partial charge in [0.15, 0.2) is 0 Å². The number of nitrogens with zero attached hydrogens (tertiary/aromatic N) is 1. The van der Waals surface area contributed by atoms with Gasteiger partial charge in [0, 0.05) is 31.3 Å². The molecule has 4 rings (SSSR count). The first-order valence-electron chi connectivity index (χ1n) is 10.5. The summed E-state index contributed by atoms with van der Waals surface area (Å²) in [7, 11) is 0. The van der Waals surface area contributed by atoms with Crippen molar-refractivity contribution in [3.8, 4) is 5.75 Å². The highest BCUT2D eigenvalue weighted by Gasteiger charge is 2.18. The Balaban J connectivity index is 1.45. The van der Waals surface area contributed by atoms with Gasteiger partial charge in [0.2, 0.25) is 0 Å². The summed E-state index contributed by atoms with van der Waals surface area (Å²) < 4.78 is 20.2. The highest BCUT2D eigenvalue weighted by atomic mass is 19.1. The highest BCUT2D eigenvalue weighted by molar-refractivity contribution is 5.59. The normalized spacial score (nSPS) is 13.0. The van der Waals surface area contributed by atoms with Gasteiger partial charge in [-0.25, -0.2) is 4.39 Å². The molecule has 0 bridgehead atoms. The van der Waals surface area contributed by atoms with Crippen LogP contribution in [0.3, 0.4) is 0 Å². The van der Waals surface area contributed by atoms with Crippen molar-refractivity contribution in [1.29, 1.82) is 0 Å². The maximum atomic E-state index is 14.2. The number of anilines is 1. The maximum absolute atomic E-state index is 14.2. The molecule has 0 spiro atoms. The molecule has 0 fully saturated rings. The number of ether oxygens (including phenoxy) is 1. The molecule has 0 radical (unpaired) electrons. The number of aldehydes is 1. The van der Waals surface area contributed by atoms with E-state index in [4.69, 9.17) is 4.74 Å². The Kier molecular flexibility index (Phi) is 6.43. The fourth-order valence-corrected chi connectivity index (χ4v) is 3.95. The Labute approximate surface area is 177 Å². The smallest absolute Gasteiger partial charge is 0.126 e. The van der Waals surface area contributed by atoms with E-state index in [1.54, 1.807) is 6.07 Å². The zero-order chi connectivity index (χ0) is 20.8. The Bertz CT molecular complexity index is 1000. The predicted molar refractivity (Wildman–Crippen MR) is 117 cm³/mol. The lowest BCUT2D eigenvalue weighted by Crippen LogP contribution is -2.28. The first-order chi connectivity index (χ1) is 14.7. The van der Waals surface area contributed by atoms with Crippen molar-refractivity contribution in [1.82, 2.24) is 0 Å². The van der Waals surface area contributed by atoms with Crippen molar-refractivity contribution < 1.29 is 13.9 Å². The molecular formula is C26H26FNO2. The SMILES string of the molecule is O=CCCc1ccc(COc2ccc3c(c2)N(Cc2ccccc2)CCC3)cc1F. The van der Waals surface area contributed by atoms with Crippen LogP contribution in [0, 0.1) is 5.82 Å². The standard InChI is InChI=1S/C26H26FNO2/c27-25-16-21(10-11-22(25)9-5-15-29)19-30-24-13-12-23-8-4-14-28(26(23)17-24)18-20-6-2-1-3-7-20/h1-3,6-7,10-13,15-17H,4-5,8-9,14,18-19H2. The lowest BCUT2D eigenvalue weighted by Gasteiger charge is -2.31. The van der Waals surface area contributed by atoms with Crippen LogP contribution < -0.4 is 9.64 Å². The van der Waals surface area contributed by atoms with Crippen LogP contribution in [-0.4, -0.2) is 12.8 Å². The van der Waals surface area contributed by atoms with Crippen LogP contribution >= 0.6 is 0 Å². The van der Waals surface area contributed by atoms with Gasteiger partial charge in [-0.2, -0.15) is 0 Å². The van der Waals surface area contributed by atoms with Gasteiger partial charge >= 0.3 is 0 Å². The van der Waals surface area contributed by atoms with Crippen molar-refractivity contribution >= 4 is 12.0 Å². The number of halogens is 1. The molecule has 0 saturated heterocycles. The van der Waals surface area contributed by atoms with Gasteiger partial charge in [-0.05, 0) is 53.6 Å². The molecule has 3 aromatic carbocycles. The first-order valence-corrected chi connectivity index (χ1v) is 10.5. The Hall–Kier alpha value is -3.14. The third-order valence-corrected chi connectivity index (χ3v) is 5.54. The summed E-state index contributed by atoms with van der Waals surface area (Å²) in [5.74, 6) is 0.511. The number of benzene rings is 3. The van der Waals surface area contributed by atoms with Gasteiger partial charge in [-0.3, -0.25) is 0 Å². The van der Waals surface area contributed by atoms with Gasteiger partial charge in [-0.1, -0.05) is 48.5 Å². The molecule has 4 heteroatoms. The number of hydrogen-bond acceptors (Lipinski definition) is 3. The monoisotopic (exact) mass is 403 g/mol. The molecule has 0 unspecified atom stereocenters. The summed E-state index contributed by atoms with van der Waals surface area (Å²) in [4.78, 5) is 12.9. The summed E-state index contributed by atoms with van der Waals surface area (Å²) in [6.07, 6.45) is 3.80. The van der Waals surface area contributed by atoms with E-state index >= 15 is 0 Å². The van der Waals surface area contributed by atoms with E-state index < -0.39 is 0 Å². The summed E-state index contributed by atoms with van der Waals surface area (Å²) in [5.41, 5.74) is 5.20. The topological polar surface area (TPSA) is 29.5 Å². The first kappa shape index (κ1) is 20.1. The maximum Gasteiger partial charge on any atom is 0.126 e. The van der Waals surface area contributed by atoms with Crippen LogP contribution in [0.1, 0.15) is 35.1 Å². The van der Waals surface area contributed by atoms with Gasteiger partial charge in [0.05, 0.1) is 0 Å². The highest BCUT2D eigenvalue weighted by Crippen LogP contribution is 2.32. The van der Waals surface area contributed by atoms with Crippen molar-refractivity contribution in [2.45, 2.75) is 38.8 Å². The average molecular weight is 403 g/mol. The number of rotatable bonds is 8. The molecule has 0 aliphatic carbocycles. The minimum atomic E-state index is -0.280. The van der Waals surface area contributed by atoms with Crippen LogP contribution in [-0.2, 0) is 30.8 Å². The summed E-state index contributed by atoms with van der Waals surface area (Å²) in [6.45, 7) is 2.21. The Morgan fingerprint density at radius 2 is 1.87 bits per heavy atom. The van der Waals surface area contributed by atoms with Gasteiger partial charge < -0.3 is 14.4 Å². The van der Waals surface area contributed by atoms with Crippen molar-refractivity contribution in [3.05, 3.63) is 94.8 Å². The molecule has 154 valence electrons. The number of fused-ring (bicyclic) bond motifs is 1. The summed E-state index contributed by atoms with van der Waals surface area (Å²) >= 11 is 0. The number of hydrogen-bond donors (Lipinski definition) is 0. The van der Waals surface area contributed by atoms with Crippen molar-refractivity contribution in [3.63, 3.8) is 0 Å². The zero-order valence-electron chi connectivity index (χ0n) is 17.0. The van der Waals surface area contributed by atoms with Crippen LogP contribution in [0.15, 0.2) is 66.7 Å². The molecule has 1 aliphatic heterocycles. The van der Waals surface area contributed by atoms with Crippen molar-refractivity contribution in [2.75, 3.05) is 11.4 Å². The van der Waals surface area contributed by atoms with Gasteiger partial charge in [0.25, 0.3) is 0 Å². The third-order valence-electron chi connectivity index (χ3n) is 5.54. The lowest BCUT2D eigenvalue weighted by atomic mass is 10.0. The predicted octanol–water partition coefficient (Wildman–Crippen LogP) is 5.49. The minimum Gasteiger partial charge on any atom is -0.489 e. The lowest BCUT2D eigenvalue weighted by molar-refractivity contribution is -0.107. The minimum absolute atomic E-state index is 0.280. The number of carbonyl (C=O) groups excluding carboxylic acids is 1. The largest absolute Gasteiger partial charge is 0.489 e. The average Bonchev–Trinajstić information content (AvgIpc) is 2.78. The van der Waals surface area contributed by atoms with E-state index in [1.807, 2.05) is 18.2 Å². The molecule has 3 nitrogen and oxygen atoms in total. The van der Waals surface area contributed by atoms with Crippen LogP contribution in [0.5, 0.6) is 5.75 Å². The van der Waals surface area contributed by atoms with E-state index in [0.29, 0.717) is 25.0 Å². The third kappa shape index (κ3) is 4.88. The van der Waals surface area contributed by atoms with Crippen LogP contribution in [0.25, 0.3) is 0 Å². The number of carbonyl (C=O) groups is 1. The number of aryl methyl sites for hydroxylation is 2. The van der Waals surface area contributed by atoms with Crippen LogP contribution in [0.2, 0.25) is 0 Å². The van der Waals surface area contributed by atoms with E-state index in [-0.39, 0.29) is 5.82 Å².